The number of pyridine rings is 1. The Morgan fingerprint density at radius 1 is 0.750 bits per heavy atom. The third-order valence-corrected chi connectivity index (χ3v) is 5.87. The van der Waals surface area contributed by atoms with Gasteiger partial charge in [-0.15, -0.1) is 11.3 Å². The van der Waals surface area contributed by atoms with Crippen molar-refractivity contribution in [2.75, 3.05) is 0 Å². The van der Waals surface area contributed by atoms with Crippen molar-refractivity contribution in [3.8, 4) is 11.3 Å². The summed E-state index contributed by atoms with van der Waals surface area (Å²) in [7, 11) is 0. The number of aromatic nitrogens is 1. The summed E-state index contributed by atoms with van der Waals surface area (Å²) < 4.78 is 2.67. The van der Waals surface area contributed by atoms with E-state index >= 15 is 0 Å². The van der Waals surface area contributed by atoms with Crippen LogP contribution in [0.15, 0.2) is 72.9 Å². The van der Waals surface area contributed by atoms with Crippen LogP contribution >= 0.6 is 11.3 Å². The maximum atomic E-state index is 4.76. The molecular formula is C22H15NS. The smallest absolute Gasteiger partial charge is 0.0797 e. The number of fused-ring (bicyclic) bond motifs is 4. The summed E-state index contributed by atoms with van der Waals surface area (Å²) in [6, 6.07) is 23.7. The maximum Gasteiger partial charge on any atom is 0.0797 e. The normalized spacial score (nSPS) is 11.5. The van der Waals surface area contributed by atoms with Gasteiger partial charge in [0.2, 0.25) is 0 Å². The van der Waals surface area contributed by atoms with Crippen molar-refractivity contribution < 1.29 is 0 Å². The highest BCUT2D eigenvalue weighted by Crippen LogP contribution is 2.42. The number of rotatable bonds is 1. The molecule has 0 bridgehead atoms. The second kappa shape index (κ2) is 5.15. The Bertz CT molecular complexity index is 1210. The van der Waals surface area contributed by atoms with Crippen LogP contribution in [0.2, 0.25) is 0 Å². The summed E-state index contributed by atoms with van der Waals surface area (Å²) in [6.07, 6.45) is 1.92. The average Bonchev–Trinajstić information content (AvgIpc) is 3.00. The van der Waals surface area contributed by atoms with Gasteiger partial charge < -0.3 is 0 Å². The molecule has 0 aliphatic carbocycles. The highest BCUT2D eigenvalue weighted by Gasteiger charge is 2.15. The summed E-state index contributed by atoms with van der Waals surface area (Å²) in [5, 5.41) is 5.11. The van der Waals surface area contributed by atoms with Gasteiger partial charge in [-0.2, -0.15) is 0 Å². The number of aryl methyl sites for hydroxylation is 1. The molecule has 0 N–H and O–H groups in total. The molecule has 2 heterocycles. The summed E-state index contributed by atoms with van der Waals surface area (Å²) in [5.74, 6) is 0. The molecule has 0 atom stereocenters. The minimum absolute atomic E-state index is 1.09. The van der Waals surface area contributed by atoms with Crippen LogP contribution in [0.5, 0.6) is 0 Å². The molecule has 0 amide bonds. The first kappa shape index (κ1) is 13.7. The van der Waals surface area contributed by atoms with Gasteiger partial charge in [0.15, 0.2) is 0 Å². The standard InChI is InChI=1S/C22H15NS/c1-14-10-11-18-17-8-4-5-9-19(17)24-22(18)20(14)21-16-7-3-2-6-15(16)12-13-23-21/h2-13H,1H3. The summed E-state index contributed by atoms with van der Waals surface area (Å²) in [5.41, 5.74) is 3.63. The summed E-state index contributed by atoms with van der Waals surface area (Å²) in [4.78, 5) is 4.76. The monoisotopic (exact) mass is 325 g/mol. The van der Waals surface area contributed by atoms with E-state index < -0.39 is 0 Å². The van der Waals surface area contributed by atoms with Crippen LogP contribution in [0.25, 0.3) is 42.2 Å². The fraction of sp³-hybridized carbons (Fsp3) is 0.0455. The molecule has 5 aromatic rings. The zero-order valence-electron chi connectivity index (χ0n) is 13.3. The molecule has 0 unspecified atom stereocenters. The Morgan fingerprint density at radius 3 is 2.46 bits per heavy atom. The molecule has 5 rings (SSSR count). The van der Waals surface area contributed by atoms with Crippen molar-refractivity contribution in [2.24, 2.45) is 0 Å². The summed E-state index contributed by atoms with van der Waals surface area (Å²) in [6.45, 7) is 2.18. The maximum absolute atomic E-state index is 4.76. The predicted molar refractivity (Wildman–Crippen MR) is 105 cm³/mol. The van der Waals surface area contributed by atoms with Crippen molar-refractivity contribution >= 4 is 42.3 Å². The quantitative estimate of drug-likeness (QED) is 0.339. The zero-order valence-corrected chi connectivity index (χ0v) is 14.1. The molecule has 3 aromatic carbocycles. The molecule has 24 heavy (non-hydrogen) atoms. The molecule has 2 heteroatoms. The van der Waals surface area contributed by atoms with Gasteiger partial charge >= 0.3 is 0 Å². The molecule has 114 valence electrons. The van der Waals surface area contributed by atoms with Crippen LogP contribution in [0.3, 0.4) is 0 Å². The highest BCUT2D eigenvalue weighted by molar-refractivity contribution is 7.26. The Kier molecular flexibility index (Phi) is 2.94. The number of nitrogens with zero attached hydrogens (tertiary/aromatic N) is 1. The fourth-order valence-electron chi connectivity index (χ4n) is 3.50. The van der Waals surface area contributed by atoms with Gasteiger partial charge in [-0.25, -0.2) is 0 Å². The minimum Gasteiger partial charge on any atom is -0.256 e. The molecule has 0 saturated heterocycles. The van der Waals surface area contributed by atoms with Crippen LogP contribution in [0.1, 0.15) is 5.56 Å². The third kappa shape index (κ3) is 1.90. The van der Waals surface area contributed by atoms with E-state index in [4.69, 9.17) is 4.98 Å². The molecule has 0 aliphatic rings. The topological polar surface area (TPSA) is 12.9 Å². The van der Waals surface area contributed by atoms with Gasteiger partial charge in [-0.3, -0.25) is 4.98 Å². The van der Waals surface area contributed by atoms with E-state index in [2.05, 4.69) is 73.7 Å². The molecule has 0 aliphatic heterocycles. The minimum atomic E-state index is 1.09. The van der Waals surface area contributed by atoms with Gasteiger partial charge in [-0.1, -0.05) is 54.6 Å². The molecule has 0 spiro atoms. The van der Waals surface area contributed by atoms with Gasteiger partial charge in [0.25, 0.3) is 0 Å². The highest BCUT2D eigenvalue weighted by atomic mass is 32.1. The van der Waals surface area contributed by atoms with E-state index in [1.807, 2.05) is 17.5 Å². The van der Waals surface area contributed by atoms with Crippen molar-refractivity contribution in [2.45, 2.75) is 6.92 Å². The molecular weight excluding hydrogens is 310 g/mol. The molecule has 2 aromatic heterocycles. The largest absolute Gasteiger partial charge is 0.256 e. The van der Waals surface area contributed by atoms with Gasteiger partial charge in [0.05, 0.1) is 5.69 Å². The van der Waals surface area contributed by atoms with Crippen LogP contribution in [-0.2, 0) is 0 Å². The van der Waals surface area contributed by atoms with E-state index in [0.717, 1.165) is 5.69 Å². The second-order valence-electron chi connectivity index (χ2n) is 6.11. The van der Waals surface area contributed by atoms with Crippen LogP contribution in [0.4, 0.5) is 0 Å². The average molecular weight is 325 g/mol. The van der Waals surface area contributed by atoms with Gasteiger partial charge in [0.1, 0.15) is 0 Å². The Labute approximate surface area is 144 Å². The van der Waals surface area contributed by atoms with Gasteiger partial charge in [0, 0.05) is 37.3 Å². The summed E-state index contributed by atoms with van der Waals surface area (Å²) >= 11 is 1.87. The Hall–Kier alpha value is -2.71. The lowest BCUT2D eigenvalue weighted by Gasteiger charge is -2.10. The Balaban J connectivity index is 1.97. The number of hydrogen-bond donors (Lipinski definition) is 0. The fourth-order valence-corrected chi connectivity index (χ4v) is 4.80. The lowest BCUT2D eigenvalue weighted by atomic mass is 9.98. The predicted octanol–water partition coefficient (Wildman–Crippen LogP) is 6.58. The van der Waals surface area contributed by atoms with Crippen LogP contribution in [0, 0.1) is 6.92 Å². The lowest BCUT2D eigenvalue weighted by Crippen LogP contribution is -1.89. The molecule has 0 fully saturated rings. The Morgan fingerprint density at radius 2 is 1.54 bits per heavy atom. The number of hydrogen-bond acceptors (Lipinski definition) is 2. The second-order valence-corrected chi connectivity index (χ2v) is 7.17. The van der Waals surface area contributed by atoms with E-state index in [1.165, 1.54) is 42.1 Å². The molecule has 0 saturated carbocycles. The van der Waals surface area contributed by atoms with E-state index in [9.17, 15) is 0 Å². The lowest BCUT2D eigenvalue weighted by molar-refractivity contribution is 1.35. The van der Waals surface area contributed by atoms with E-state index in [-0.39, 0.29) is 0 Å². The van der Waals surface area contributed by atoms with Crippen LogP contribution in [-0.4, -0.2) is 4.98 Å². The zero-order chi connectivity index (χ0) is 16.1. The number of benzene rings is 3. The van der Waals surface area contributed by atoms with E-state index in [1.54, 1.807) is 0 Å². The van der Waals surface area contributed by atoms with Crippen molar-refractivity contribution in [3.05, 3.63) is 78.5 Å². The molecule has 0 radical (unpaired) electrons. The third-order valence-electron chi connectivity index (χ3n) is 4.67. The van der Waals surface area contributed by atoms with Crippen molar-refractivity contribution in [1.82, 2.24) is 4.98 Å². The first-order valence-electron chi connectivity index (χ1n) is 8.08. The van der Waals surface area contributed by atoms with Gasteiger partial charge in [-0.05, 0) is 30.0 Å². The SMILES string of the molecule is Cc1ccc2c(sc3ccccc32)c1-c1nccc2ccccc12. The molecule has 1 nitrogen and oxygen atoms in total. The van der Waals surface area contributed by atoms with Crippen LogP contribution < -0.4 is 0 Å². The first-order valence-corrected chi connectivity index (χ1v) is 8.89. The van der Waals surface area contributed by atoms with Crippen molar-refractivity contribution in [3.63, 3.8) is 0 Å². The first-order chi connectivity index (χ1) is 11.8. The van der Waals surface area contributed by atoms with Crippen molar-refractivity contribution in [1.29, 1.82) is 0 Å². The number of thiophene rings is 1. The van der Waals surface area contributed by atoms with E-state index in [0.29, 0.717) is 0 Å².